The van der Waals surface area contributed by atoms with Crippen molar-refractivity contribution >= 4 is 0 Å². The van der Waals surface area contributed by atoms with Crippen LogP contribution in [0.15, 0.2) is 0 Å². The molecule has 44 valence electrons. The SMILES string of the molecule is CCCC(C)C[O-]. The Hall–Kier alpha value is -0.0400. The Labute approximate surface area is 45.4 Å². The van der Waals surface area contributed by atoms with E-state index in [-0.39, 0.29) is 6.61 Å². The van der Waals surface area contributed by atoms with Crippen LogP contribution in [0.2, 0.25) is 0 Å². The topological polar surface area (TPSA) is 23.1 Å². The lowest BCUT2D eigenvalue weighted by molar-refractivity contribution is -0.378. The van der Waals surface area contributed by atoms with E-state index in [4.69, 9.17) is 0 Å². The van der Waals surface area contributed by atoms with Gasteiger partial charge in [-0.2, -0.15) is 0 Å². The Morgan fingerprint density at radius 2 is 2.14 bits per heavy atom. The third kappa shape index (κ3) is 3.80. The normalized spacial score (nSPS) is 14.1. The van der Waals surface area contributed by atoms with E-state index in [1.165, 1.54) is 0 Å². The lowest BCUT2D eigenvalue weighted by Gasteiger charge is -2.11. The molecule has 1 unspecified atom stereocenters. The van der Waals surface area contributed by atoms with Gasteiger partial charge in [-0.25, -0.2) is 0 Å². The van der Waals surface area contributed by atoms with Crippen molar-refractivity contribution in [1.82, 2.24) is 0 Å². The number of hydrogen-bond acceptors (Lipinski definition) is 1. The first-order valence-corrected chi connectivity index (χ1v) is 2.89. The average molecular weight is 101 g/mol. The largest absolute Gasteiger partial charge is 0.854 e. The molecule has 0 aliphatic heterocycles. The maximum Gasteiger partial charge on any atom is -0.0523 e. The molecule has 0 amide bonds. The Morgan fingerprint density at radius 3 is 2.29 bits per heavy atom. The van der Waals surface area contributed by atoms with E-state index in [1.54, 1.807) is 0 Å². The van der Waals surface area contributed by atoms with Gasteiger partial charge in [0.1, 0.15) is 0 Å². The van der Waals surface area contributed by atoms with E-state index in [9.17, 15) is 5.11 Å². The van der Waals surface area contributed by atoms with Crippen molar-refractivity contribution < 1.29 is 5.11 Å². The lowest BCUT2D eigenvalue weighted by atomic mass is 10.1. The fraction of sp³-hybridized carbons (Fsp3) is 1.00. The fourth-order valence-electron chi connectivity index (χ4n) is 0.576. The monoisotopic (exact) mass is 101 g/mol. The van der Waals surface area contributed by atoms with Crippen LogP contribution in [0.4, 0.5) is 0 Å². The summed E-state index contributed by atoms with van der Waals surface area (Å²) in [6.07, 6.45) is 2.23. The zero-order valence-electron chi connectivity index (χ0n) is 5.11. The highest BCUT2D eigenvalue weighted by Crippen LogP contribution is 2.00. The maximum absolute atomic E-state index is 10.0. The van der Waals surface area contributed by atoms with Crippen molar-refractivity contribution in [2.75, 3.05) is 6.61 Å². The molecule has 1 nitrogen and oxygen atoms in total. The van der Waals surface area contributed by atoms with Crippen LogP contribution in [0.1, 0.15) is 26.7 Å². The Balaban J connectivity index is 2.83. The second-order valence-corrected chi connectivity index (χ2v) is 2.06. The molecule has 0 saturated carbocycles. The molecular formula is C6H13O-. The van der Waals surface area contributed by atoms with Gasteiger partial charge in [0.2, 0.25) is 0 Å². The van der Waals surface area contributed by atoms with Gasteiger partial charge in [0, 0.05) is 0 Å². The van der Waals surface area contributed by atoms with Gasteiger partial charge in [-0.1, -0.05) is 32.6 Å². The van der Waals surface area contributed by atoms with E-state index in [0.717, 1.165) is 12.8 Å². The molecule has 7 heavy (non-hydrogen) atoms. The van der Waals surface area contributed by atoms with Gasteiger partial charge >= 0.3 is 0 Å². The van der Waals surface area contributed by atoms with Crippen LogP contribution >= 0.6 is 0 Å². The summed E-state index contributed by atoms with van der Waals surface area (Å²) in [4.78, 5) is 0. The average Bonchev–Trinajstić information content (AvgIpc) is 1.68. The molecule has 0 bridgehead atoms. The quantitative estimate of drug-likeness (QED) is 0.515. The molecule has 0 fully saturated rings. The summed E-state index contributed by atoms with van der Waals surface area (Å²) < 4.78 is 0. The van der Waals surface area contributed by atoms with Crippen LogP contribution < -0.4 is 5.11 Å². The standard InChI is InChI=1S/C6H13O/c1-3-4-6(2)5-7/h6H,3-5H2,1-2H3/q-1. The molecule has 0 saturated heterocycles. The van der Waals surface area contributed by atoms with Gasteiger partial charge in [-0.05, 0) is 0 Å². The van der Waals surface area contributed by atoms with E-state index in [0.29, 0.717) is 5.92 Å². The molecule has 0 aliphatic carbocycles. The number of hydrogen-bond donors (Lipinski definition) is 0. The molecule has 0 heterocycles. The minimum Gasteiger partial charge on any atom is -0.854 e. The summed E-state index contributed by atoms with van der Waals surface area (Å²) in [5.74, 6) is 0.394. The number of rotatable bonds is 3. The molecule has 0 aromatic rings. The molecular weight excluding hydrogens is 88.1 g/mol. The van der Waals surface area contributed by atoms with Crippen LogP contribution in [-0.4, -0.2) is 6.61 Å². The summed E-state index contributed by atoms with van der Waals surface area (Å²) in [7, 11) is 0. The van der Waals surface area contributed by atoms with Gasteiger partial charge in [-0.3, -0.25) is 0 Å². The molecule has 0 aromatic carbocycles. The van der Waals surface area contributed by atoms with E-state index in [1.807, 2.05) is 6.92 Å². The highest BCUT2D eigenvalue weighted by Gasteiger charge is 1.88. The third-order valence-electron chi connectivity index (χ3n) is 1.07. The van der Waals surface area contributed by atoms with Crippen LogP contribution in [0.5, 0.6) is 0 Å². The summed E-state index contributed by atoms with van der Waals surface area (Å²) in [5, 5.41) is 10.0. The van der Waals surface area contributed by atoms with Gasteiger partial charge in [0.25, 0.3) is 0 Å². The summed E-state index contributed by atoms with van der Waals surface area (Å²) in [6.45, 7) is 4.19. The van der Waals surface area contributed by atoms with E-state index < -0.39 is 0 Å². The summed E-state index contributed by atoms with van der Waals surface area (Å²) in [6, 6.07) is 0. The zero-order valence-corrected chi connectivity index (χ0v) is 5.11. The van der Waals surface area contributed by atoms with Crippen molar-refractivity contribution in [3.8, 4) is 0 Å². The van der Waals surface area contributed by atoms with Gasteiger partial charge < -0.3 is 5.11 Å². The Morgan fingerprint density at radius 1 is 1.57 bits per heavy atom. The molecule has 0 aliphatic rings. The Kier molecular flexibility index (Phi) is 4.10. The molecule has 0 aromatic heterocycles. The van der Waals surface area contributed by atoms with Gasteiger partial charge in [0.05, 0.1) is 0 Å². The van der Waals surface area contributed by atoms with Crippen molar-refractivity contribution in [3.63, 3.8) is 0 Å². The highest BCUT2D eigenvalue weighted by molar-refractivity contribution is 4.44. The van der Waals surface area contributed by atoms with Crippen LogP contribution in [0.25, 0.3) is 0 Å². The van der Waals surface area contributed by atoms with Gasteiger partial charge in [-0.15, -0.1) is 6.61 Å². The second kappa shape index (κ2) is 4.13. The molecule has 0 radical (unpaired) electrons. The van der Waals surface area contributed by atoms with Crippen molar-refractivity contribution in [2.45, 2.75) is 26.7 Å². The van der Waals surface area contributed by atoms with Crippen LogP contribution in [0.3, 0.4) is 0 Å². The van der Waals surface area contributed by atoms with Crippen LogP contribution in [0, 0.1) is 5.92 Å². The molecule has 1 heteroatoms. The minimum atomic E-state index is 0.0911. The van der Waals surface area contributed by atoms with Crippen molar-refractivity contribution in [2.24, 2.45) is 5.92 Å². The summed E-state index contributed by atoms with van der Waals surface area (Å²) in [5.41, 5.74) is 0. The first-order chi connectivity index (χ1) is 3.31. The maximum atomic E-state index is 10.0. The molecule has 0 spiro atoms. The smallest absolute Gasteiger partial charge is 0.0523 e. The second-order valence-electron chi connectivity index (χ2n) is 2.06. The molecule has 0 N–H and O–H groups in total. The van der Waals surface area contributed by atoms with E-state index >= 15 is 0 Å². The first kappa shape index (κ1) is 6.96. The van der Waals surface area contributed by atoms with Crippen LogP contribution in [-0.2, 0) is 0 Å². The first-order valence-electron chi connectivity index (χ1n) is 2.89. The highest BCUT2D eigenvalue weighted by atomic mass is 16.3. The predicted molar refractivity (Wildman–Crippen MR) is 28.9 cm³/mol. The fourth-order valence-corrected chi connectivity index (χ4v) is 0.576. The summed E-state index contributed by atoms with van der Waals surface area (Å²) >= 11 is 0. The van der Waals surface area contributed by atoms with E-state index in [2.05, 4.69) is 6.92 Å². The molecule has 1 atom stereocenters. The van der Waals surface area contributed by atoms with Crippen molar-refractivity contribution in [1.29, 1.82) is 0 Å². The lowest BCUT2D eigenvalue weighted by Crippen LogP contribution is -2.14. The molecule has 0 rings (SSSR count). The minimum absolute atomic E-state index is 0.0911. The predicted octanol–water partition coefficient (Wildman–Crippen LogP) is 0.783. The van der Waals surface area contributed by atoms with Gasteiger partial charge in [0.15, 0.2) is 0 Å². The Bertz CT molecular complexity index is 35.2. The van der Waals surface area contributed by atoms with Crippen molar-refractivity contribution in [3.05, 3.63) is 0 Å². The zero-order chi connectivity index (χ0) is 5.70. The third-order valence-corrected chi connectivity index (χ3v) is 1.07.